The number of sulfone groups is 1. The Morgan fingerprint density at radius 2 is 2.12 bits per heavy atom. The number of rotatable bonds is 3. The minimum absolute atomic E-state index is 0.0642. The molecular weight excluding hydrogens is 256 g/mol. The van der Waals surface area contributed by atoms with Crippen LogP contribution in [0.5, 0.6) is 0 Å². The molecule has 2 atom stereocenters. The summed E-state index contributed by atoms with van der Waals surface area (Å²) in [6, 6.07) is 8.04. The van der Waals surface area contributed by atoms with E-state index >= 15 is 0 Å². The minimum Gasteiger partial charge on any atom is -0.229 e. The predicted octanol–water partition coefficient (Wildman–Crippen LogP) is 2.96. The molecule has 0 bridgehead atoms. The van der Waals surface area contributed by atoms with Gasteiger partial charge in [0.2, 0.25) is 0 Å². The van der Waals surface area contributed by atoms with Gasteiger partial charge in [-0.2, -0.15) is 0 Å². The lowest BCUT2D eigenvalue weighted by atomic mass is 9.93. The summed E-state index contributed by atoms with van der Waals surface area (Å²) in [5.41, 5.74) is 2.32. The quantitative estimate of drug-likeness (QED) is 0.793. The summed E-state index contributed by atoms with van der Waals surface area (Å²) in [5, 5.41) is -0.177. The molecular formula is C13H17ClO2S. The Balaban J connectivity index is 2.23. The van der Waals surface area contributed by atoms with Gasteiger partial charge in [-0.1, -0.05) is 31.2 Å². The maximum Gasteiger partial charge on any atom is 0.150 e. The molecule has 0 saturated carbocycles. The molecule has 0 amide bonds. The zero-order chi connectivity index (χ0) is 12.5. The fraction of sp³-hybridized carbons (Fsp3) is 0.538. The van der Waals surface area contributed by atoms with E-state index < -0.39 is 9.84 Å². The molecule has 94 valence electrons. The maximum absolute atomic E-state index is 11.5. The molecule has 1 saturated heterocycles. The molecule has 0 aromatic heterocycles. The SMILES string of the molecule is CCc1ccccc1C(Cl)C1CCS(=O)(=O)C1. The van der Waals surface area contributed by atoms with Crippen molar-refractivity contribution in [1.82, 2.24) is 0 Å². The van der Waals surface area contributed by atoms with E-state index in [1.54, 1.807) is 0 Å². The van der Waals surface area contributed by atoms with Gasteiger partial charge in [-0.15, -0.1) is 11.6 Å². The second-order valence-corrected chi connectivity index (χ2v) is 7.32. The molecule has 1 aliphatic rings. The average molecular weight is 273 g/mol. The summed E-state index contributed by atoms with van der Waals surface area (Å²) in [5.74, 6) is 0.586. The second kappa shape index (κ2) is 4.99. The van der Waals surface area contributed by atoms with E-state index in [0.29, 0.717) is 6.42 Å². The van der Waals surface area contributed by atoms with Gasteiger partial charge in [-0.05, 0) is 29.9 Å². The van der Waals surface area contributed by atoms with Crippen LogP contribution in [0.25, 0.3) is 0 Å². The highest BCUT2D eigenvalue weighted by Gasteiger charge is 2.34. The summed E-state index contributed by atoms with van der Waals surface area (Å²) < 4.78 is 22.9. The Bertz CT molecular complexity index is 496. The summed E-state index contributed by atoms with van der Waals surface area (Å²) in [7, 11) is -2.85. The monoisotopic (exact) mass is 272 g/mol. The summed E-state index contributed by atoms with van der Waals surface area (Å²) >= 11 is 6.46. The highest BCUT2D eigenvalue weighted by Crippen LogP contribution is 2.37. The van der Waals surface area contributed by atoms with Crippen molar-refractivity contribution in [2.45, 2.75) is 25.1 Å². The van der Waals surface area contributed by atoms with Crippen molar-refractivity contribution in [3.05, 3.63) is 35.4 Å². The molecule has 0 spiro atoms. The van der Waals surface area contributed by atoms with Crippen LogP contribution in [-0.2, 0) is 16.3 Å². The van der Waals surface area contributed by atoms with Crippen LogP contribution in [0.2, 0.25) is 0 Å². The minimum atomic E-state index is -2.85. The van der Waals surface area contributed by atoms with Crippen molar-refractivity contribution in [2.75, 3.05) is 11.5 Å². The third kappa shape index (κ3) is 2.83. The van der Waals surface area contributed by atoms with Gasteiger partial charge < -0.3 is 0 Å². The molecule has 1 aromatic carbocycles. The topological polar surface area (TPSA) is 34.1 Å². The fourth-order valence-electron chi connectivity index (χ4n) is 2.43. The van der Waals surface area contributed by atoms with Crippen LogP contribution in [0.15, 0.2) is 24.3 Å². The summed E-state index contributed by atoms with van der Waals surface area (Å²) in [6.07, 6.45) is 1.62. The Morgan fingerprint density at radius 1 is 1.41 bits per heavy atom. The van der Waals surface area contributed by atoms with Crippen LogP contribution in [-0.4, -0.2) is 19.9 Å². The second-order valence-electron chi connectivity index (χ2n) is 4.62. The molecule has 2 nitrogen and oxygen atoms in total. The van der Waals surface area contributed by atoms with E-state index in [4.69, 9.17) is 11.6 Å². The number of aryl methyl sites for hydroxylation is 1. The molecule has 0 radical (unpaired) electrons. The molecule has 17 heavy (non-hydrogen) atoms. The van der Waals surface area contributed by atoms with E-state index in [1.165, 1.54) is 5.56 Å². The summed E-state index contributed by atoms with van der Waals surface area (Å²) in [4.78, 5) is 0. The number of hydrogen-bond donors (Lipinski definition) is 0. The van der Waals surface area contributed by atoms with Gasteiger partial charge >= 0.3 is 0 Å². The van der Waals surface area contributed by atoms with Crippen molar-refractivity contribution >= 4 is 21.4 Å². The van der Waals surface area contributed by atoms with Crippen LogP contribution in [0.3, 0.4) is 0 Å². The van der Waals surface area contributed by atoms with E-state index in [2.05, 4.69) is 13.0 Å². The zero-order valence-corrected chi connectivity index (χ0v) is 11.5. The predicted molar refractivity (Wildman–Crippen MR) is 71.2 cm³/mol. The largest absolute Gasteiger partial charge is 0.229 e. The van der Waals surface area contributed by atoms with Crippen LogP contribution in [0, 0.1) is 5.92 Å². The third-order valence-electron chi connectivity index (χ3n) is 3.41. The first-order chi connectivity index (χ1) is 8.03. The standard InChI is InChI=1S/C13H17ClO2S/c1-2-10-5-3-4-6-12(10)13(14)11-7-8-17(15,16)9-11/h3-6,11,13H,2,7-9H2,1H3. The third-order valence-corrected chi connectivity index (χ3v) is 5.80. The van der Waals surface area contributed by atoms with Gasteiger partial charge in [0.05, 0.1) is 16.9 Å². The van der Waals surface area contributed by atoms with Crippen molar-refractivity contribution in [3.63, 3.8) is 0 Å². The first-order valence-electron chi connectivity index (χ1n) is 5.96. The number of halogens is 1. The normalized spacial score (nSPS) is 24.7. The Morgan fingerprint density at radius 3 is 2.71 bits per heavy atom. The Kier molecular flexibility index (Phi) is 3.79. The average Bonchev–Trinajstić information content (AvgIpc) is 2.68. The first kappa shape index (κ1) is 12.9. The molecule has 0 aliphatic carbocycles. The molecule has 4 heteroatoms. The van der Waals surface area contributed by atoms with Crippen LogP contribution >= 0.6 is 11.6 Å². The van der Waals surface area contributed by atoms with E-state index in [1.807, 2.05) is 18.2 Å². The summed E-state index contributed by atoms with van der Waals surface area (Å²) in [6.45, 7) is 2.09. The van der Waals surface area contributed by atoms with Crippen molar-refractivity contribution in [1.29, 1.82) is 0 Å². The van der Waals surface area contributed by atoms with E-state index in [9.17, 15) is 8.42 Å². The molecule has 1 heterocycles. The fourth-order valence-corrected chi connectivity index (χ4v) is 4.81. The molecule has 1 aromatic rings. The van der Waals surface area contributed by atoms with Crippen molar-refractivity contribution < 1.29 is 8.42 Å². The number of benzene rings is 1. The first-order valence-corrected chi connectivity index (χ1v) is 8.21. The maximum atomic E-state index is 11.5. The number of hydrogen-bond acceptors (Lipinski definition) is 2. The van der Waals surface area contributed by atoms with Gasteiger partial charge in [0.25, 0.3) is 0 Å². The molecule has 2 rings (SSSR count). The lowest BCUT2D eigenvalue weighted by molar-refractivity contribution is 0.566. The van der Waals surface area contributed by atoms with Gasteiger partial charge in [0.15, 0.2) is 9.84 Å². The lowest BCUT2D eigenvalue weighted by Crippen LogP contribution is -2.11. The van der Waals surface area contributed by atoms with E-state index in [-0.39, 0.29) is 22.8 Å². The molecule has 1 aliphatic heterocycles. The van der Waals surface area contributed by atoms with Gasteiger partial charge in [0.1, 0.15) is 0 Å². The highest BCUT2D eigenvalue weighted by molar-refractivity contribution is 7.91. The van der Waals surface area contributed by atoms with E-state index in [0.717, 1.165) is 12.0 Å². The smallest absolute Gasteiger partial charge is 0.150 e. The number of alkyl halides is 1. The zero-order valence-electron chi connectivity index (χ0n) is 9.90. The molecule has 2 unspecified atom stereocenters. The van der Waals surface area contributed by atoms with Crippen molar-refractivity contribution in [2.24, 2.45) is 5.92 Å². The Hall–Kier alpha value is -0.540. The highest BCUT2D eigenvalue weighted by atomic mass is 35.5. The lowest BCUT2D eigenvalue weighted by Gasteiger charge is -2.18. The van der Waals surface area contributed by atoms with Gasteiger partial charge in [0, 0.05) is 0 Å². The van der Waals surface area contributed by atoms with Crippen LogP contribution in [0.1, 0.15) is 29.8 Å². The van der Waals surface area contributed by atoms with Gasteiger partial charge in [-0.25, -0.2) is 8.42 Å². The van der Waals surface area contributed by atoms with Crippen molar-refractivity contribution in [3.8, 4) is 0 Å². The van der Waals surface area contributed by atoms with Crippen LogP contribution in [0.4, 0.5) is 0 Å². The molecule has 1 fully saturated rings. The molecule has 0 N–H and O–H groups in total. The Labute approximate surface area is 108 Å². The van der Waals surface area contributed by atoms with Gasteiger partial charge in [-0.3, -0.25) is 0 Å². The van der Waals surface area contributed by atoms with Crippen LogP contribution < -0.4 is 0 Å².